The van der Waals surface area contributed by atoms with Gasteiger partial charge in [-0.2, -0.15) is 0 Å². The van der Waals surface area contributed by atoms with Gasteiger partial charge < -0.3 is 45.9 Å². The third-order valence-corrected chi connectivity index (χ3v) is 16.2. The van der Waals surface area contributed by atoms with E-state index in [1.54, 1.807) is 41.4 Å². The lowest BCUT2D eigenvalue weighted by atomic mass is 9.92. The maximum atomic E-state index is 14.1. The Morgan fingerprint density at radius 3 is 1.64 bits per heavy atom. The predicted octanol–water partition coefficient (Wildman–Crippen LogP) is 11.6. The van der Waals surface area contributed by atoms with E-state index in [1.165, 1.54) is 59.7 Å². The van der Waals surface area contributed by atoms with Crippen LogP contribution >= 0.6 is 22.7 Å². The minimum absolute atomic E-state index is 0.0705. The monoisotopic (exact) mass is 1190 g/mol. The van der Waals surface area contributed by atoms with Gasteiger partial charge in [0.05, 0.1) is 56.9 Å². The van der Waals surface area contributed by atoms with E-state index in [2.05, 4.69) is 50.8 Å². The quantitative estimate of drug-likeness (QED) is 0.0597. The number of likely N-dealkylation sites (tertiary alicyclic amines) is 2. The van der Waals surface area contributed by atoms with Gasteiger partial charge in [0.1, 0.15) is 62.0 Å². The second-order valence-corrected chi connectivity index (χ2v) is 25.1. The molecule has 444 valence electrons. The van der Waals surface area contributed by atoms with Gasteiger partial charge in [-0.25, -0.2) is 53.3 Å². The van der Waals surface area contributed by atoms with Crippen molar-refractivity contribution in [1.29, 1.82) is 0 Å². The molecular formula is C60H68F2N16O5S2. The molecule has 0 aliphatic carbocycles. The number of piperidine rings is 2. The third-order valence-electron chi connectivity index (χ3n) is 14.3. The molecule has 2 fully saturated rings. The Kier molecular flexibility index (Phi) is 18.3. The van der Waals surface area contributed by atoms with Gasteiger partial charge in [0.15, 0.2) is 11.6 Å². The Morgan fingerprint density at radius 1 is 0.624 bits per heavy atom. The summed E-state index contributed by atoms with van der Waals surface area (Å²) >= 11 is 2.89. The van der Waals surface area contributed by atoms with E-state index >= 15 is 0 Å². The number of halogens is 2. The van der Waals surface area contributed by atoms with E-state index in [4.69, 9.17) is 30.2 Å². The van der Waals surface area contributed by atoms with Gasteiger partial charge in [-0.15, -0.1) is 0 Å². The predicted molar refractivity (Wildman–Crippen MR) is 324 cm³/mol. The van der Waals surface area contributed by atoms with Crippen molar-refractivity contribution in [2.45, 2.75) is 154 Å². The first-order chi connectivity index (χ1) is 40.8. The van der Waals surface area contributed by atoms with Crippen LogP contribution in [0.5, 0.6) is 0 Å². The number of anilines is 4. The molecule has 0 bridgehead atoms. The number of nitrogens with one attached hydrogen (secondary N) is 4. The molecule has 21 nitrogen and oxygen atoms in total. The zero-order chi connectivity index (χ0) is 59.8. The highest BCUT2D eigenvalue weighted by Crippen LogP contribution is 2.35. The highest BCUT2D eigenvalue weighted by Gasteiger charge is 2.40. The standard InChI is InChI=1S/C30H35FN8O3S.C30H33FN8O2S/c1-30(2,3)42-29(41)39-18(14-24(40)37-22-12-5-4-11-21(22)32)8-6-9-19(39)15-25-38-26-27(35-17-36-28(26)43-25)34-16-23-20(31)10-7-13-33-23;1-30(2,3)41-29(40)39-18(14-24-36-21-11-4-5-12-22(21)37-24)8-6-9-19(39)15-25-38-26-27(34-17-35-28(26)42-25)33-16-23-20(31)10-7-13-32-23/h4-5,7,10-13,17-19H,6,8-9,14-16,32H2,1-3H3,(H,37,40)(H,34,35,36);4-5,7,10-13,17-19H,6,8-9,14-16H2,1-3H3,(H,36,37)(H,33,34,35). The summed E-state index contributed by atoms with van der Waals surface area (Å²) in [5.41, 5.74) is 9.33. The second-order valence-electron chi connectivity index (χ2n) is 22.9. The molecule has 0 spiro atoms. The van der Waals surface area contributed by atoms with Crippen LogP contribution in [-0.2, 0) is 46.6 Å². The highest BCUT2D eigenvalue weighted by molar-refractivity contribution is 7.18. The van der Waals surface area contributed by atoms with E-state index < -0.39 is 23.1 Å². The number of hydrogen-bond donors (Lipinski definition) is 5. The Hall–Kier alpha value is -8.58. The summed E-state index contributed by atoms with van der Waals surface area (Å²) in [6, 6.07) is 20.1. The number of amides is 3. The number of imidazole rings is 1. The lowest BCUT2D eigenvalue weighted by Crippen LogP contribution is -2.53. The number of hydrogen-bond acceptors (Lipinski definition) is 19. The number of pyridine rings is 2. The fourth-order valence-corrected chi connectivity index (χ4v) is 12.5. The molecule has 11 rings (SSSR count). The highest BCUT2D eigenvalue weighted by atomic mass is 32.1. The lowest BCUT2D eigenvalue weighted by molar-refractivity contribution is -0.117. The van der Waals surface area contributed by atoms with Gasteiger partial charge in [-0.3, -0.25) is 14.8 Å². The molecule has 2 aromatic carbocycles. The van der Waals surface area contributed by atoms with Crippen molar-refractivity contribution in [2.24, 2.45) is 0 Å². The van der Waals surface area contributed by atoms with E-state index in [1.807, 2.05) is 70.7 Å². The van der Waals surface area contributed by atoms with Gasteiger partial charge in [0.2, 0.25) is 5.91 Å². The topological polar surface area (TPSA) is 270 Å². The number of carbonyl (C=O) groups excluding carboxylic acids is 3. The van der Waals surface area contributed by atoms with Gasteiger partial charge in [-0.05, 0) is 129 Å². The zero-order valence-corrected chi connectivity index (χ0v) is 49.8. The molecule has 2 saturated heterocycles. The van der Waals surface area contributed by atoms with Gasteiger partial charge in [-0.1, -0.05) is 46.9 Å². The molecule has 25 heteroatoms. The number of nitrogen functional groups attached to an aromatic ring is 1. The van der Waals surface area contributed by atoms with Crippen molar-refractivity contribution >= 4 is 95.5 Å². The molecule has 9 aromatic rings. The Bertz CT molecular complexity index is 3780. The van der Waals surface area contributed by atoms with E-state index in [-0.39, 0.29) is 67.2 Å². The Morgan fingerprint density at radius 2 is 1.12 bits per heavy atom. The van der Waals surface area contributed by atoms with Gasteiger partial charge in [0.25, 0.3) is 0 Å². The Labute approximate surface area is 498 Å². The summed E-state index contributed by atoms with van der Waals surface area (Å²) in [4.78, 5) is 88.8. The first-order valence-corrected chi connectivity index (χ1v) is 29.9. The number of nitrogens with two attached hydrogens (primary N) is 1. The van der Waals surface area contributed by atoms with Crippen LogP contribution in [-0.4, -0.2) is 113 Å². The average molecular weight is 1200 g/mol. The van der Waals surface area contributed by atoms with Crippen molar-refractivity contribution in [1.82, 2.24) is 59.6 Å². The van der Waals surface area contributed by atoms with Crippen molar-refractivity contribution < 1.29 is 32.6 Å². The van der Waals surface area contributed by atoms with E-state index in [0.717, 1.165) is 63.8 Å². The molecule has 4 atom stereocenters. The minimum atomic E-state index is -0.705. The molecule has 3 amide bonds. The first-order valence-electron chi connectivity index (χ1n) is 28.3. The SMILES string of the molecule is CC(C)(C)OC(=O)N1C(CC(=O)Nc2ccccc2N)CCCC1Cc1nc2c(NCc3ncccc3F)ncnc2s1.CC(C)(C)OC(=O)N1C(Cc2nc3ccccc3[nH]2)CCCC1Cc1nc2c(NCc3ncccc3F)ncnc2s1. The summed E-state index contributed by atoms with van der Waals surface area (Å²) in [6.07, 6.45) is 11.8. The Balaban J connectivity index is 0.000000189. The maximum Gasteiger partial charge on any atom is 0.410 e. The third kappa shape index (κ3) is 15.2. The van der Waals surface area contributed by atoms with Crippen molar-refractivity contribution in [3.8, 4) is 0 Å². The molecular weight excluding hydrogens is 1130 g/mol. The molecule has 7 aromatic heterocycles. The van der Waals surface area contributed by atoms with Gasteiger partial charge >= 0.3 is 12.2 Å². The number of thiazole rings is 2. The fourth-order valence-electron chi connectivity index (χ4n) is 10.6. The van der Waals surface area contributed by atoms with Gasteiger partial charge in [0, 0.05) is 62.2 Å². The molecule has 4 unspecified atom stereocenters. The van der Waals surface area contributed by atoms with E-state index in [0.29, 0.717) is 70.3 Å². The number of benzene rings is 2. The van der Waals surface area contributed by atoms with Crippen molar-refractivity contribution in [2.75, 3.05) is 21.7 Å². The fraction of sp³-hybridized carbons (Fsp3) is 0.400. The summed E-state index contributed by atoms with van der Waals surface area (Å²) in [5.74, 6) is 0.821. The van der Waals surface area contributed by atoms with Crippen LogP contribution in [0.25, 0.3) is 31.7 Å². The molecule has 85 heavy (non-hydrogen) atoms. The zero-order valence-electron chi connectivity index (χ0n) is 48.1. The summed E-state index contributed by atoms with van der Waals surface area (Å²) < 4.78 is 39.9. The largest absolute Gasteiger partial charge is 0.444 e. The van der Waals surface area contributed by atoms with Crippen LogP contribution in [0.4, 0.5) is 41.4 Å². The van der Waals surface area contributed by atoms with Crippen molar-refractivity contribution in [3.63, 3.8) is 0 Å². The number of H-pyrrole nitrogens is 1. The van der Waals surface area contributed by atoms with Crippen LogP contribution in [0.2, 0.25) is 0 Å². The van der Waals surface area contributed by atoms with Crippen LogP contribution in [0.1, 0.15) is 114 Å². The van der Waals surface area contributed by atoms with Crippen LogP contribution in [0.3, 0.4) is 0 Å². The molecule has 0 radical (unpaired) electrons. The number of rotatable bonds is 15. The molecule has 0 saturated carbocycles. The van der Waals surface area contributed by atoms with Crippen LogP contribution in [0.15, 0.2) is 97.8 Å². The average Bonchev–Trinajstić information content (AvgIpc) is 4.37. The van der Waals surface area contributed by atoms with Crippen LogP contribution in [0, 0.1) is 11.6 Å². The smallest absolute Gasteiger partial charge is 0.410 e. The minimum Gasteiger partial charge on any atom is -0.444 e. The lowest BCUT2D eigenvalue weighted by Gasteiger charge is -2.42. The number of ether oxygens (including phenoxy) is 2. The summed E-state index contributed by atoms with van der Waals surface area (Å²) in [7, 11) is 0. The summed E-state index contributed by atoms with van der Waals surface area (Å²) in [6.45, 7) is 11.4. The second kappa shape index (κ2) is 26.1. The number of aromatic amines is 1. The van der Waals surface area contributed by atoms with Crippen molar-refractivity contribution in [3.05, 3.63) is 137 Å². The van der Waals surface area contributed by atoms with E-state index in [9.17, 15) is 23.2 Å². The molecule has 2 aliphatic heterocycles. The number of fused-ring (bicyclic) bond motifs is 3. The normalized spacial score (nSPS) is 17.3. The van der Waals surface area contributed by atoms with Crippen LogP contribution < -0.4 is 21.7 Å². The number of para-hydroxylation sites is 4. The maximum absolute atomic E-state index is 14.1. The number of nitrogens with zero attached hydrogens (tertiary/aromatic N) is 11. The molecule has 6 N–H and O–H groups in total. The first kappa shape index (κ1) is 59.6. The molecule has 2 aliphatic rings. The molecule has 9 heterocycles. The number of aromatic nitrogens is 10. The number of carbonyl (C=O) groups is 3. The summed E-state index contributed by atoms with van der Waals surface area (Å²) in [5, 5.41) is 10.8.